The maximum atomic E-state index is 10.2. The summed E-state index contributed by atoms with van der Waals surface area (Å²) in [6, 6.07) is 7.29. The largest absolute Gasteiger partial charge is 0.391 e. The number of aliphatic hydroxyl groups is 1. The van der Waals surface area contributed by atoms with E-state index in [1.54, 1.807) is 16.8 Å². The van der Waals surface area contributed by atoms with Crippen molar-refractivity contribution in [2.24, 2.45) is 0 Å². The fourth-order valence-electron chi connectivity index (χ4n) is 2.32. The van der Waals surface area contributed by atoms with Gasteiger partial charge in [0.2, 0.25) is 5.16 Å². The predicted octanol–water partition coefficient (Wildman–Crippen LogP) is 1.10. The molecule has 2 heterocycles. The Morgan fingerprint density at radius 2 is 2.00 bits per heavy atom. The number of aromatic nitrogens is 4. The first kappa shape index (κ1) is 16.7. The van der Waals surface area contributed by atoms with Gasteiger partial charge in [-0.15, -0.1) is 5.10 Å². The zero-order valence-corrected chi connectivity index (χ0v) is 14.1. The second-order valence-electron chi connectivity index (χ2n) is 5.23. The summed E-state index contributed by atoms with van der Waals surface area (Å²) >= 11 is 7.33. The van der Waals surface area contributed by atoms with Gasteiger partial charge < -0.3 is 9.84 Å². The molecule has 7 nitrogen and oxygen atoms in total. The van der Waals surface area contributed by atoms with Crippen molar-refractivity contribution < 1.29 is 9.84 Å². The highest BCUT2D eigenvalue weighted by Gasteiger charge is 2.17. The summed E-state index contributed by atoms with van der Waals surface area (Å²) in [5.74, 6) is 0.533. The molecule has 124 valence electrons. The van der Waals surface area contributed by atoms with Crippen LogP contribution in [0.4, 0.5) is 0 Å². The van der Waals surface area contributed by atoms with Crippen LogP contribution in [0.25, 0.3) is 5.69 Å². The lowest BCUT2D eigenvalue weighted by molar-refractivity contribution is 0.0188. The molecule has 1 saturated heterocycles. The molecular formula is C14H18ClN5O2S. The lowest BCUT2D eigenvalue weighted by Gasteiger charge is -2.28. The molecule has 1 fully saturated rings. The van der Waals surface area contributed by atoms with Gasteiger partial charge >= 0.3 is 0 Å². The van der Waals surface area contributed by atoms with E-state index in [0.29, 0.717) is 22.5 Å². The lowest BCUT2D eigenvalue weighted by atomic mass is 10.3. The number of rotatable bonds is 6. The third kappa shape index (κ3) is 4.65. The molecule has 0 amide bonds. The summed E-state index contributed by atoms with van der Waals surface area (Å²) in [5.41, 5.74) is 0.838. The highest BCUT2D eigenvalue weighted by molar-refractivity contribution is 7.99. The summed E-state index contributed by atoms with van der Waals surface area (Å²) < 4.78 is 6.95. The number of nitrogens with zero attached hydrogens (tertiary/aromatic N) is 5. The van der Waals surface area contributed by atoms with Gasteiger partial charge in [-0.25, -0.2) is 0 Å². The van der Waals surface area contributed by atoms with Gasteiger partial charge in [-0.3, -0.25) is 4.90 Å². The normalized spacial score (nSPS) is 17.3. The number of hydrogen-bond acceptors (Lipinski definition) is 7. The van der Waals surface area contributed by atoms with E-state index in [0.717, 1.165) is 32.0 Å². The minimum absolute atomic E-state index is 0.437. The Labute approximate surface area is 143 Å². The van der Waals surface area contributed by atoms with Gasteiger partial charge in [0.25, 0.3) is 0 Å². The highest BCUT2D eigenvalue weighted by atomic mass is 35.5. The molecule has 1 aliphatic rings. The summed E-state index contributed by atoms with van der Waals surface area (Å²) in [6.07, 6.45) is -0.437. The SMILES string of the molecule is O[C@H](CSc1nnnn1-c1ccc(Cl)cc1)CN1CCOCC1. The van der Waals surface area contributed by atoms with E-state index in [1.165, 1.54) is 11.8 Å². The number of β-amino-alcohol motifs (C(OH)–C–C–N with tert-alkyl or cyclic N) is 1. The zero-order chi connectivity index (χ0) is 16.1. The van der Waals surface area contributed by atoms with E-state index in [1.807, 2.05) is 12.1 Å². The Hall–Kier alpha value is -1.19. The number of ether oxygens (including phenoxy) is 1. The molecule has 0 radical (unpaired) electrons. The predicted molar refractivity (Wildman–Crippen MR) is 88.2 cm³/mol. The average Bonchev–Trinajstić information content (AvgIpc) is 3.03. The molecule has 0 saturated carbocycles. The van der Waals surface area contributed by atoms with Crippen molar-refractivity contribution in [1.82, 2.24) is 25.1 Å². The second kappa shape index (κ2) is 8.07. The molecule has 1 aromatic carbocycles. The van der Waals surface area contributed by atoms with Crippen LogP contribution in [-0.2, 0) is 4.74 Å². The average molecular weight is 356 g/mol. The standard InChI is InChI=1S/C14H18ClN5O2S/c15-11-1-3-12(4-2-11)20-14(16-17-18-20)23-10-13(21)9-19-5-7-22-8-6-19/h1-4,13,21H,5-10H2/t13-/m0/s1. The Balaban J connectivity index is 1.56. The van der Waals surface area contributed by atoms with Crippen LogP contribution in [-0.4, -0.2) is 74.9 Å². The molecule has 0 spiro atoms. The molecule has 0 unspecified atom stereocenters. The first-order chi connectivity index (χ1) is 11.2. The third-order valence-electron chi connectivity index (χ3n) is 3.49. The van der Waals surface area contributed by atoms with Gasteiger partial charge in [-0.05, 0) is 34.7 Å². The molecule has 23 heavy (non-hydrogen) atoms. The van der Waals surface area contributed by atoms with Crippen molar-refractivity contribution in [1.29, 1.82) is 0 Å². The van der Waals surface area contributed by atoms with Crippen molar-refractivity contribution in [2.75, 3.05) is 38.6 Å². The highest BCUT2D eigenvalue weighted by Crippen LogP contribution is 2.20. The number of benzene rings is 1. The van der Waals surface area contributed by atoms with Crippen LogP contribution in [0.1, 0.15) is 0 Å². The monoisotopic (exact) mass is 355 g/mol. The van der Waals surface area contributed by atoms with E-state index in [9.17, 15) is 5.11 Å². The van der Waals surface area contributed by atoms with E-state index in [4.69, 9.17) is 16.3 Å². The Morgan fingerprint density at radius 3 is 2.74 bits per heavy atom. The van der Waals surface area contributed by atoms with Crippen LogP contribution >= 0.6 is 23.4 Å². The molecule has 1 atom stereocenters. The van der Waals surface area contributed by atoms with Gasteiger partial charge in [-0.2, -0.15) is 4.68 Å². The maximum absolute atomic E-state index is 10.2. The molecule has 1 aromatic heterocycles. The van der Waals surface area contributed by atoms with Crippen molar-refractivity contribution in [3.05, 3.63) is 29.3 Å². The van der Waals surface area contributed by atoms with Crippen molar-refractivity contribution in [3.8, 4) is 5.69 Å². The molecule has 3 rings (SSSR count). The number of thioether (sulfide) groups is 1. The molecule has 0 aliphatic carbocycles. The topological polar surface area (TPSA) is 76.3 Å². The smallest absolute Gasteiger partial charge is 0.214 e. The van der Waals surface area contributed by atoms with Crippen molar-refractivity contribution in [3.63, 3.8) is 0 Å². The van der Waals surface area contributed by atoms with Gasteiger partial charge in [0.05, 0.1) is 25.0 Å². The van der Waals surface area contributed by atoms with Crippen LogP contribution < -0.4 is 0 Å². The number of halogens is 1. The molecule has 0 bridgehead atoms. The van der Waals surface area contributed by atoms with E-state index in [2.05, 4.69) is 20.4 Å². The van der Waals surface area contributed by atoms with E-state index < -0.39 is 6.10 Å². The number of morpholine rings is 1. The Morgan fingerprint density at radius 1 is 1.26 bits per heavy atom. The lowest BCUT2D eigenvalue weighted by Crippen LogP contribution is -2.41. The summed E-state index contributed by atoms with van der Waals surface area (Å²) in [4.78, 5) is 2.21. The van der Waals surface area contributed by atoms with Crippen molar-refractivity contribution in [2.45, 2.75) is 11.3 Å². The second-order valence-corrected chi connectivity index (χ2v) is 6.65. The number of tetrazole rings is 1. The minimum atomic E-state index is -0.437. The third-order valence-corrected chi connectivity index (χ3v) is 4.81. The van der Waals surface area contributed by atoms with E-state index in [-0.39, 0.29) is 0 Å². The molecular weight excluding hydrogens is 338 g/mol. The van der Waals surface area contributed by atoms with Gasteiger partial charge in [0.15, 0.2) is 0 Å². The quantitative estimate of drug-likeness (QED) is 0.777. The first-order valence-electron chi connectivity index (χ1n) is 7.37. The van der Waals surface area contributed by atoms with Crippen LogP contribution in [0, 0.1) is 0 Å². The first-order valence-corrected chi connectivity index (χ1v) is 8.74. The van der Waals surface area contributed by atoms with Crippen LogP contribution in [0.5, 0.6) is 0 Å². The molecule has 1 N–H and O–H groups in total. The molecule has 9 heteroatoms. The maximum Gasteiger partial charge on any atom is 0.214 e. The summed E-state index contributed by atoms with van der Waals surface area (Å²) in [5, 5.41) is 23.2. The van der Waals surface area contributed by atoms with E-state index >= 15 is 0 Å². The van der Waals surface area contributed by atoms with Gasteiger partial charge in [0, 0.05) is 30.4 Å². The fourth-order valence-corrected chi connectivity index (χ4v) is 3.25. The fraction of sp³-hybridized carbons (Fsp3) is 0.500. The van der Waals surface area contributed by atoms with Crippen LogP contribution in [0.3, 0.4) is 0 Å². The summed E-state index contributed by atoms with van der Waals surface area (Å²) in [6.45, 7) is 3.83. The van der Waals surface area contributed by atoms with Gasteiger partial charge in [-0.1, -0.05) is 23.4 Å². The number of hydrogen-bond donors (Lipinski definition) is 1. The van der Waals surface area contributed by atoms with Gasteiger partial charge in [0.1, 0.15) is 0 Å². The minimum Gasteiger partial charge on any atom is -0.391 e. The Kier molecular flexibility index (Phi) is 5.85. The van der Waals surface area contributed by atoms with Crippen molar-refractivity contribution >= 4 is 23.4 Å². The summed E-state index contributed by atoms with van der Waals surface area (Å²) in [7, 11) is 0. The van der Waals surface area contributed by atoms with Crippen LogP contribution in [0.2, 0.25) is 5.02 Å². The number of aliphatic hydroxyl groups excluding tert-OH is 1. The molecule has 2 aromatic rings. The Bertz CT molecular complexity index is 618. The molecule has 1 aliphatic heterocycles. The zero-order valence-electron chi connectivity index (χ0n) is 12.5. The van der Waals surface area contributed by atoms with Crippen LogP contribution in [0.15, 0.2) is 29.4 Å².